The molecule has 2 rings (SSSR count). The standard InChI is InChI=1S/C15H13F3N2O5/c1-8-7-12(20-25-8)19-13(21)9(2)23-14(22)10-3-5-11(6-4-10)24-15(16,17)18/h3-7,9H,1-2H3,(H,19,20,21)/t9-/m1/s1. The van der Waals surface area contributed by atoms with E-state index >= 15 is 0 Å². The molecular formula is C15H13F3N2O5. The fourth-order valence-corrected chi connectivity index (χ4v) is 1.73. The maximum atomic E-state index is 12.1. The first-order valence-corrected chi connectivity index (χ1v) is 6.95. The van der Waals surface area contributed by atoms with Crippen LogP contribution in [0, 0.1) is 6.92 Å². The number of aryl methyl sites for hydroxylation is 1. The van der Waals surface area contributed by atoms with Crippen molar-refractivity contribution >= 4 is 17.7 Å². The third-order valence-corrected chi connectivity index (χ3v) is 2.86. The van der Waals surface area contributed by atoms with Crippen LogP contribution in [0.15, 0.2) is 34.9 Å². The number of halogens is 3. The molecule has 1 aromatic carbocycles. The Morgan fingerprint density at radius 2 is 1.88 bits per heavy atom. The van der Waals surface area contributed by atoms with Gasteiger partial charge in [-0.3, -0.25) is 4.79 Å². The van der Waals surface area contributed by atoms with Gasteiger partial charge < -0.3 is 19.3 Å². The number of carbonyl (C=O) groups excluding carboxylic acids is 2. The Morgan fingerprint density at radius 3 is 2.40 bits per heavy atom. The van der Waals surface area contributed by atoms with Crippen LogP contribution in [0.4, 0.5) is 19.0 Å². The Hall–Kier alpha value is -3.04. The van der Waals surface area contributed by atoms with E-state index in [1.807, 2.05) is 0 Å². The summed E-state index contributed by atoms with van der Waals surface area (Å²) in [6.07, 6.45) is -5.98. The molecule has 134 valence electrons. The molecule has 10 heteroatoms. The zero-order valence-electron chi connectivity index (χ0n) is 13.1. The molecule has 0 aliphatic rings. The summed E-state index contributed by atoms with van der Waals surface area (Å²) in [5, 5.41) is 5.95. The number of benzene rings is 1. The normalized spacial score (nSPS) is 12.4. The van der Waals surface area contributed by atoms with Crippen LogP contribution < -0.4 is 10.1 Å². The summed E-state index contributed by atoms with van der Waals surface area (Å²) in [4.78, 5) is 23.8. The molecule has 25 heavy (non-hydrogen) atoms. The molecule has 1 N–H and O–H groups in total. The number of nitrogens with one attached hydrogen (secondary N) is 1. The number of rotatable bonds is 5. The monoisotopic (exact) mass is 358 g/mol. The lowest BCUT2D eigenvalue weighted by Gasteiger charge is -2.13. The van der Waals surface area contributed by atoms with Crippen LogP contribution in [0.2, 0.25) is 0 Å². The lowest BCUT2D eigenvalue weighted by Crippen LogP contribution is -2.30. The van der Waals surface area contributed by atoms with Crippen molar-refractivity contribution in [1.82, 2.24) is 5.16 Å². The lowest BCUT2D eigenvalue weighted by molar-refractivity contribution is -0.274. The second-order valence-electron chi connectivity index (χ2n) is 4.93. The fraction of sp³-hybridized carbons (Fsp3) is 0.267. The smallest absolute Gasteiger partial charge is 0.449 e. The van der Waals surface area contributed by atoms with Gasteiger partial charge in [-0.15, -0.1) is 13.2 Å². The van der Waals surface area contributed by atoms with Crippen molar-refractivity contribution < 1.29 is 36.8 Å². The molecule has 0 aliphatic carbocycles. The van der Waals surface area contributed by atoms with Gasteiger partial charge in [0.05, 0.1) is 5.56 Å². The molecule has 0 aliphatic heterocycles. The number of aromatic nitrogens is 1. The summed E-state index contributed by atoms with van der Waals surface area (Å²) < 4.78 is 49.6. The van der Waals surface area contributed by atoms with E-state index in [4.69, 9.17) is 9.26 Å². The van der Waals surface area contributed by atoms with Gasteiger partial charge in [0.2, 0.25) is 0 Å². The quantitative estimate of drug-likeness (QED) is 0.826. The van der Waals surface area contributed by atoms with Crippen molar-refractivity contribution in [2.45, 2.75) is 26.3 Å². The molecular weight excluding hydrogens is 345 g/mol. The van der Waals surface area contributed by atoms with Crippen LogP contribution in [-0.2, 0) is 9.53 Å². The minimum Gasteiger partial charge on any atom is -0.449 e. The molecule has 0 bridgehead atoms. The predicted molar refractivity (Wildman–Crippen MR) is 77.9 cm³/mol. The average molecular weight is 358 g/mol. The van der Waals surface area contributed by atoms with E-state index in [-0.39, 0.29) is 11.4 Å². The van der Waals surface area contributed by atoms with Crippen molar-refractivity contribution in [1.29, 1.82) is 0 Å². The van der Waals surface area contributed by atoms with E-state index in [9.17, 15) is 22.8 Å². The Labute approximate surface area is 139 Å². The van der Waals surface area contributed by atoms with E-state index in [1.54, 1.807) is 6.92 Å². The van der Waals surface area contributed by atoms with Crippen LogP contribution in [0.5, 0.6) is 5.75 Å². The van der Waals surface area contributed by atoms with Gasteiger partial charge in [-0.25, -0.2) is 4.79 Å². The highest BCUT2D eigenvalue weighted by molar-refractivity contribution is 5.96. The largest absolute Gasteiger partial charge is 0.573 e. The van der Waals surface area contributed by atoms with Crippen molar-refractivity contribution in [3.05, 3.63) is 41.7 Å². The maximum Gasteiger partial charge on any atom is 0.573 e. The summed E-state index contributed by atoms with van der Waals surface area (Å²) in [5.41, 5.74) is -0.0357. The molecule has 1 atom stereocenters. The van der Waals surface area contributed by atoms with Crippen LogP contribution in [0.25, 0.3) is 0 Å². The van der Waals surface area contributed by atoms with Gasteiger partial charge in [0.15, 0.2) is 11.9 Å². The predicted octanol–water partition coefficient (Wildman–Crippen LogP) is 3.07. The van der Waals surface area contributed by atoms with Crippen LogP contribution >= 0.6 is 0 Å². The molecule has 0 fully saturated rings. The Bertz CT molecular complexity index is 755. The first-order chi connectivity index (χ1) is 11.6. The summed E-state index contributed by atoms with van der Waals surface area (Å²) in [7, 11) is 0. The highest BCUT2D eigenvalue weighted by Gasteiger charge is 2.31. The number of esters is 1. The first kappa shape index (κ1) is 18.3. The van der Waals surface area contributed by atoms with Gasteiger partial charge in [0.25, 0.3) is 5.91 Å². The molecule has 1 amide bonds. The molecule has 7 nitrogen and oxygen atoms in total. The average Bonchev–Trinajstić information content (AvgIpc) is 2.91. The van der Waals surface area contributed by atoms with Crippen LogP contribution in [-0.4, -0.2) is 29.5 Å². The molecule has 2 aromatic rings. The molecule has 0 spiro atoms. The van der Waals surface area contributed by atoms with Crippen LogP contribution in [0.1, 0.15) is 23.0 Å². The minimum absolute atomic E-state index is 0.0357. The topological polar surface area (TPSA) is 90.7 Å². The molecule has 1 heterocycles. The Morgan fingerprint density at radius 1 is 1.24 bits per heavy atom. The van der Waals surface area contributed by atoms with E-state index < -0.39 is 30.1 Å². The van der Waals surface area contributed by atoms with Crippen molar-refractivity contribution in [3.8, 4) is 5.75 Å². The van der Waals surface area contributed by atoms with Crippen LogP contribution in [0.3, 0.4) is 0 Å². The van der Waals surface area contributed by atoms with Gasteiger partial charge >= 0.3 is 12.3 Å². The number of ether oxygens (including phenoxy) is 2. The summed E-state index contributed by atoms with van der Waals surface area (Å²) in [5.74, 6) is -1.34. The molecule has 1 aromatic heterocycles. The van der Waals surface area contributed by atoms with Crippen molar-refractivity contribution in [3.63, 3.8) is 0 Å². The SMILES string of the molecule is Cc1cc(NC(=O)[C@@H](C)OC(=O)c2ccc(OC(F)(F)F)cc2)no1. The van der Waals surface area contributed by atoms with Crippen molar-refractivity contribution in [2.75, 3.05) is 5.32 Å². The summed E-state index contributed by atoms with van der Waals surface area (Å²) in [6, 6.07) is 5.59. The number of nitrogens with zero attached hydrogens (tertiary/aromatic N) is 1. The summed E-state index contributed by atoms with van der Waals surface area (Å²) in [6.45, 7) is 2.97. The number of alkyl halides is 3. The number of hydrogen-bond acceptors (Lipinski definition) is 6. The second kappa shape index (κ2) is 7.24. The van der Waals surface area contributed by atoms with E-state index in [0.29, 0.717) is 5.76 Å². The van der Waals surface area contributed by atoms with Gasteiger partial charge in [0.1, 0.15) is 11.5 Å². The maximum absolute atomic E-state index is 12.1. The lowest BCUT2D eigenvalue weighted by atomic mass is 10.2. The Balaban J connectivity index is 1.93. The number of carbonyl (C=O) groups is 2. The molecule has 0 radical (unpaired) electrons. The molecule has 0 unspecified atom stereocenters. The van der Waals surface area contributed by atoms with Gasteiger partial charge in [0, 0.05) is 6.07 Å². The van der Waals surface area contributed by atoms with Gasteiger partial charge in [-0.2, -0.15) is 0 Å². The number of anilines is 1. The fourth-order valence-electron chi connectivity index (χ4n) is 1.73. The molecule has 0 saturated heterocycles. The van der Waals surface area contributed by atoms with Gasteiger partial charge in [-0.05, 0) is 38.1 Å². The van der Waals surface area contributed by atoms with Gasteiger partial charge in [-0.1, -0.05) is 5.16 Å². The highest BCUT2D eigenvalue weighted by Crippen LogP contribution is 2.23. The van der Waals surface area contributed by atoms with Crippen molar-refractivity contribution in [2.24, 2.45) is 0 Å². The number of amides is 1. The molecule has 0 saturated carbocycles. The van der Waals surface area contributed by atoms with E-state index in [1.165, 1.54) is 13.0 Å². The second-order valence-corrected chi connectivity index (χ2v) is 4.93. The third kappa shape index (κ3) is 5.52. The highest BCUT2D eigenvalue weighted by atomic mass is 19.4. The zero-order chi connectivity index (χ0) is 18.6. The third-order valence-electron chi connectivity index (χ3n) is 2.86. The van der Waals surface area contributed by atoms with E-state index in [2.05, 4.69) is 15.2 Å². The zero-order valence-corrected chi connectivity index (χ0v) is 13.1. The summed E-state index contributed by atoms with van der Waals surface area (Å²) >= 11 is 0. The number of hydrogen-bond donors (Lipinski definition) is 1. The minimum atomic E-state index is -4.83. The first-order valence-electron chi connectivity index (χ1n) is 6.95. The van der Waals surface area contributed by atoms with E-state index in [0.717, 1.165) is 24.3 Å². The Kier molecular flexibility index (Phi) is 5.30.